The van der Waals surface area contributed by atoms with Gasteiger partial charge in [0.15, 0.2) is 12.2 Å². The minimum absolute atomic E-state index is 0.107. The molecule has 19 heteroatoms. The van der Waals surface area contributed by atoms with Crippen molar-refractivity contribution in [2.24, 2.45) is 17.8 Å². The lowest BCUT2D eigenvalue weighted by molar-refractivity contribution is -0.161. The molecule has 0 fully saturated rings. The Kier molecular flexibility index (Phi) is 77.5. The first-order valence-electron chi connectivity index (χ1n) is 45.8. The van der Waals surface area contributed by atoms with Gasteiger partial charge in [-0.1, -0.05) is 421 Å². The Morgan fingerprint density at radius 1 is 0.250 bits per heavy atom. The second-order valence-corrected chi connectivity index (χ2v) is 36.3. The van der Waals surface area contributed by atoms with Gasteiger partial charge in [0, 0.05) is 25.7 Å². The third-order valence-electron chi connectivity index (χ3n) is 20.9. The molecule has 0 aliphatic carbocycles. The van der Waals surface area contributed by atoms with E-state index in [0.29, 0.717) is 25.7 Å². The molecular weight excluding hydrogens is 1400 g/mol. The molecule has 17 nitrogen and oxygen atoms in total. The zero-order valence-electron chi connectivity index (χ0n) is 71.3. The van der Waals surface area contributed by atoms with E-state index in [9.17, 15) is 43.2 Å². The first-order valence-corrected chi connectivity index (χ1v) is 48.8. The molecule has 0 aromatic heterocycles. The number of aliphatic hydroxyl groups is 1. The Morgan fingerprint density at radius 3 is 0.630 bits per heavy atom. The van der Waals surface area contributed by atoms with Gasteiger partial charge < -0.3 is 33.8 Å². The number of hydrogen-bond donors (Lipinski definition) is 3. The number of phosphoric ester groups is 2. The van der Waals surface area contributed by atoms with Crippen molar-refractivity contribution in [1.29, 1.82) is 0 Å². The Labute approximate surface area is 664 Å². The molecule has 642 valence electrons. The molecule has 0 aromatic rings. The molecule has 0 radical (unpaired) electrons. The quantitative estimate of drug-likeness (QED) is 0.0222. The lowest BCUT2D eigenvalue weighted by Gasteiger charge is -2.21. The van der Waals surface area contributed by atoms with E-state index in [1.165, 1.54) is 283 Å². The van der Waals surface area contributed by atoms with Crippen molar-refractivity contribution in [3.05, 3.63) is 0 Å². The molecule has 0 aromatic carbocycles. The van der Waals surface area contributed by atoms with Gasteiger partial charge in [0.25, 0.3) is 0 Å². The van der Waals surface area contributed by atoms with Crippen molar-refractivity contribution in [2.75, 3.05) is 39.6 Å². The minimum atomic E-state index is -4.97. The number of unbranched alkanes of at least 4 members (excludes halogenated alkanes) is 55. The van der Waals surface area contributed by atoms with E-state index >= 15 is 0 Å². The fraction of sp³-hybridized carbons (Fsp3) is 0.955. The lowest BCUT2D eigenvalue weighted by atomic mass is 10.0. The van der Waals surface area contributed by atoms with Crippen molar-refractivity contribution in [1.82, 2.24) is 0 Å². The molecule has 0 amide bonds. The van der Waals surface area contributed by atoms with Crippen molar-refractivity contribution in [2.45, 2.75) is 491 Å². The Balaban J connectivity index is 5.24. The summed E-state index contributed by atoms with van der Waals surface area (Å²) < 4.78 is 69.0. The van der Waals surface area contributed by atoms with E-state index in [2.05, 4.69) is 48.5 Å². The number of rotatable bonds is 87. The maximum Gasteiger partial charge on any atom is 0.472 e. The van der Waals surface area contributed by atoms with E-state index in [4.69, 9.17) is 37.0 Å². The van der Waals surface area contributed by atoms with Crippen LogP contribution in [0.1, 0.15) is 472 Å². The number of esters is 4. The van der Waals surface area contributed by atoms with Crippen molar-refractivity contribution in [3.63, 3.8) is 0 Å². The largest absolute Gasteiger partial charge is 0.472 e. The average molecular weight is 1580 g/mol. The minimum Gasteiger partial charge on any atom is -0.462 e. The second kappa shape index (κ2) is 78.9. The molecule has 0 rings (SSSR count). The molecule has 0 heterocycles. The number of carbonyl (C=O) groups is 4. The van der Waals surface area contributed by atoms with Crippen LogP contribution in [0.25, 0.3) is 0 Å². The standard InChI is InChI=1S/C89H174O17P2/c1-8-9-10-11-12-13-14-15-16-17-18-22-25-31-36-41-49-56-63-70-86(91)99-76-84(105-88(93)72-65-58-51-42-37-32-26-23-20-19-21-24-29-34-39-46-53-60-67-80(2)3)78-103-107(95,96)101-74-83(90)75-102-108(97,98)104-79-85(77-100-87(92)71-64-57-50-45-44-48-55-62-69-82(6)7)106-89(94)73-66-59-52-43-38-33-28-27-30-35-40-47-54-61-68-81(4)5/h80-85,90H,8-79H2,1-7H3,(H,95,96)(H,97,98)/t83-,84-,85-/m1/s1. The van der Waals surface area contributed by atoms with Crippen LogP contribution in [-0.2, 0) is 65.4 Å². The normalized spacial score (nSPS) is 13.8. The predicted molar refractivity (Wildman–Crippen MR) is 446 cm³/mol. The van der Waals surface area contributed by atoms with Crippen molar-refractivity contribution in [3.8, 4) is 0 Å². The molecule has 108 heavy (non-hydrogen) atoms. The zero-order valence-corrected chi connectivity index (χ0v) is 73.1. The van der Waals surface area contributed by atoms with Crippen LogP contribution in [0.15, 0.2) is 0 Å². The molecule has 0 spiro atoms. The highest BCUT2D eigenvalue weighted by Crippen LogP contribution is 2.45. The second-order valence-electron chi connectivity index (χ2n) is 33.4. The molecule has 2 unspecified atom stereocenters. The number of aliphatic hydroxyl groups excluding tert-OH is 1. The van der Waals surface area contributed by atoms with Crippen LogP contribution in [0.3, 0.4) is 0 Å². The van der Waals surface area contributed by atoms with E-state index in [1.807, 2.05) is 0 Å². The molecule has 0 aliphatic heterocycles. The first kappa shape index (κ1) is 106. The van der Waals surface area contributed by atoms with Gasteiger partial charge >= 0.3 is 39.5 Å². The fourth-order valence-electron chi connectivity index (χ4n) is 13.9. The van der Waals surface area contributed by atoms with E-state index in [0.717, 1.165) is 108 Å². The summed E-state index contributed by atoms with van der Waals surface area (Å²) >= 11 is 0. The molecule has 0 bridgehead atoms. The number of phosphoric acid groups is 2. The predicted octanol–water partition coefficient (Wildman–Crippen LogP) is 27.3. The van der Waals surface area contributed by atoms with Gasteiger partial charge in [-0.25, -0.2) is 9.13 Å². The zero-order chi connectivity index (χ0) is 79.3. The SMILES string of the molecule is CCCCCCCCCCCCCCCCCCCCCC(=O)OC[C@H](COP(=O)(O)OC[C@@H](O)COP(=O)(O)OC[C@@H](COC(=O)CCCCCCCCCCC(C)C)OC(=O)CCCCCCCCCCCCCCCCC(C)C)OC(=O)CCCCCCCCCCCCCCCCCCCCC(C)C. The summed E-state index contributed by atoms with van der Waals surface area (Å²) in [6, 6.07) is 0. The number of hydrogen-bond acceptors (Lipinski definition) is 15. The average Bonchev–Trinajstić information content (AvgIpc) is 0.900. The third-order valence-corrected chi connectivity index (χ3v) is 22.8. The molecule has 0 aliphatic rings. The van der Waals surface area contributed by atoms with Crippen LogP contribution < -0.4 is 0 Å². The van der Waals surface area contributed by atoms with Crippen LogP contribution in [0.2, 0.25) is 0 Å². The fourth-order valence-corrected chi connectivity index (χ4v) is 15.5. The van der Waals surface area contributed by atoms with Crippen molar-refractivity contribution < 1.29 is 80.2 Å². The molecule has 5 atom stereocenters. The van der Waals surface area contributed by atoms with Crippen LogP contribution >= 0.6 is 15.6 Å². The summed E-state index contributed by atoms with van der Waals surface area (Å²) in [7, 11) is -9.93. The van der Waals surface area contributed by atoms with Crippen LogP contribution in [-0.4, -0.2) is 96.7 Å². The van der Waals surface area contributed by atoms with E-state index in [1.54, 1.807) is 0 Å². The summed E-state index contributed by atoms with van der Waals surface area (Å²) in [4.78, 5) is 73.3. The Bertz CT molecular complexity index is 2080. The highest BCUT2D eigenvalue weighted by molar-refractivity contribution is 7.47. The molecule has 3 N–H and O–H groups in total. The number of ether oxygens (including phenoxy) is 4. The van der Waals surface area contributed by atoms with Crippen LogP contribution in [0, 0.1) is 17.8 Å². The maximum atomic E-state index is 13.2. The summed E-state index contributed by atoms with van der Waals surface area (Å²) in [5, 5.41) is 10.7. The summed E-state index contributed by atoms with van der Waals surface area (Å²) in [5.74, 6) is 0.240. The van der Waals surface area contributed by atoms with Crippen LogP contribution in [0.5, 0.6) is 0 Å². The summed E-state index contributed by atoms with van der Waals surface area (Å²) in [5.41, 5.74) is 0. The molecule has 0 saturated carbocycles. The van der Waals surface area contributed by atoms with Gasteiger partial charge in [-0.15, -0.1) is 0 Å². The smallest absolute Gasteiger partial charge is 0.462 e. The van der Waals surface area contributed by atoms with E-state index in [-0.39, 0.29) is 25.7 Å². The summed E-state index contributed by atoms with van der Waals surface area (Å²) in [6.07, 6.45) is 70.9. The highest BCUT2D eigenvalue weighted by Gasteiger charge is 2.31. The maximum absolute atomic E-state index is 13.2. The van der Waals surface area contributed by atoms with Gasteiger partial charge in [0.05, 0.1) is 26.4 Å². The monoisotopic (exact) mass is 1580 g/mol. The van der Waals surface area contributed by atoms with Crippen LogP contribution in [0.4, 0.5) is 0 Å². The number of carbonyl (C=O) groups excluding carboxylic acids is 4. The summed E-state index contributed by atoms with van der Waals surface area (Å²) in [6.45, 7) is 12.0. The molecular formula is C89H174O17P2. The van der Waals surface area contributed by atoms with E-state index < -0.39 is 97.5 Å². The van der Waals surface area contributed by atoms with Gasteiger partial charge in [-0.2, -0.15) is 0 Å². The highest BCUT2D eigenvalue weighted by atomic mass is 31.2. The Hall–Kier alpha value is -1.94. The van der Waals surface area contributed by atoms with Gasteiger partial charge in [0.1, 0.15) is 19.3 Å². The van der Waals surface area contributed by atoms with Crippen molar-refractivity contribution >= 4 is 39.5 Å². The van der Waals surface area contributed by atoms with Gasteiger partial charge in [0.2, 0.25) is 0 Å². The Morgan fingerprint density at radius 2 is 0.426 bits per heavy atom. The first-order chi connectivity index (χ1) is 52.2. The van der Waals surface area contributed by atoms with Gasteiger partial charge in [-0.05, 0) is 43.4 Å². The van der Waals surface area contributed by atoms with Gasteiger partial charge in [-0.3, -0.25) is 37.3 Å². The lowest BCUT2D eigenvalue weighted by Crippen LogP contribution is -2.30. The molecule has 0 saturated heterocycles. The third kappa shape index (κ3) is 82.1. The topological polar surface area (TPSA) is 237 Å².